The van der Waals surface area contributed by atoms with Gasteiger partial charge in [-0.2, -0.15) is 5.26 Å². The molecule has 0 aliphatic rings. The number of carbonyl (C=O) groups excluding carboxylic acids is 1. The van der Waals surface area contributed by atoms with Crippen LogP contribution in [-0.2, 0) is 4.79 Å². The molecule has 0 fully saturated rings. The number of amides is 1. The molecule has 2 aromatic carbocycles. The van der Waals surface area contributed by atoms with Gasteiger partial charge in [0.25, 0.3) is 5.91 Å². The number of hydrogen-bond acceptors (Lipinski definition) is 3. The fraction of sp³-hybridized carbons (Fsp3) is 0.130. The van der Waals surface area contributed by atoms with Crippen molar-refractivity contribution in [3.05, 3.63) is 80.5 Å². The van der Waals surface area contributed by atoms with Gasteiger partial charge in [-0.05, 0) is 62.2 Å². The van der Waals surface area contributed by atoms with Crippen LogP contribution in [0.25, 0.3) is 17.4 Å². The molecule has 0 radical (unpaired) electrons. The number of furan rings is 1. The largest absolute Gasteiger partial charge is 0.457 e. The molecule has 0 aliphatic carbocycles. The molecule has 1 N–H and O–H groups in total. The van der Waals surface area contributed by atoms with Gasteiger partial charge in [-0.1, -0.05) is 40.9 Å². The summed E-state index contributed by atoms with van der Waals surface area (Å²) in [5.41, 5.74) is 4.24. The number of rotatable bonds is 4. The molecule has 0 saturated carbocycles. The van der Waals surface area contributed by atoms with Gasteiger partial charge in [-0.3, -0.25) is 4.79 Å². The van der Waals surface area contributed by atoms with E-state index in [1.165, 1.54) is 6.08 Å². The Balaban J connectivity index is 1.87. The van der Waals surface area contributed by atoms with Gasteiger partial charge >= 0.3 is 0 Å². The highest BCUT2D eigenvalue weighted by molar-refractivity contribution is 6.35. The first-order chi connectivity index (χ1) is 13.8. The molecule has 0 bridgehead atoms. The van der Waals surface area contributed by atoms with E-state index in [0.717, 1.165) is 16.7 Å². The van der Waals surface area contributed by atoms with Gasteiger partial charge in [0, 0.05) is 22.3 Å². The first kappa shape index (κ1) is 20.7. The monoisotopic (exact) mass is 424 g/mol. The highest BCUT2D eigenvalue weighted by Crippen LogP contribution is 2.32. The van der Waals surface area contributed by atoms with Crippen molar-refractivity contribution in [3.63, 3.8) is 0 Å². The number of carbonyl (C=O) groups is 1. The van der Waals surface area contributed by atoms with Gasteiger partial charge in [-0.25, -0.2) is 0 Å². The van der Waals surface area contributed by atoms with E-state index in [1.54, 1.807) is 30.3 Å². The van der Waals surface area contributed by atoms with Crippen molar-refractivity contribution in [2.45, 2.75) is 20.8 Å². The molecule has 0 spiro atoms. The van der Waals surface area contributed by atoms with Crippen LogP contribution >= 0.6 is 23.2 Å². The maximum atomic E-state index is 12.6. The predicted octanol–water partition coefficient (Wildman–Crippen LogP) is 6.72. The van der Waals surface area contributed by atoms with E-state index >= 15 is 0 Å². The smallest absolute Gasteiger partial charge is 0.266 e. The van der Waals surface area contributed by atoms with Gasteiger partial charge in [0.15, 0.2) is 0 Å². The number of nitriles is 1. The number of halogens is 2. The first-order valence-corrected chi connectivity index (χ1v) is 9.60. The van der Waals surface area contributed by atoms with Crippen LogP contribution in [0.3, 0.4) is 0 Å². The molecular weight excluding hydrogens is 407 g/mol. The zero-order chi connectivity index (χ0) is 21.1. The fourth-order valence-corrected chi connectivity index (χ4v) is 3.49. The second-order valence-corrected chi connectivity index (χ2v) is 7.57. The van der Waals surface area contributed by atoms with E-state index in [4.69, 9.17) is 27.6 Å². The number of anilines is 1. The Morgan fingerprint density at radius 2 is 1.76 bits per heavy atom. The van der Waals surface area contributed by atoms with Crippen LogP contribution in [0.5, 0.6) is 0 Å². The van der Waals surface area contributed by atoms with Gasteiger partial charge in [0.2, 0.25) is 0 Å². The third kappa shape index (κ3) is 4.71. The zero-order valence-electron chi connectivity index (χ0n) is 16.1. The lowest BCUT2D eigenvalue weighted by Gasteiger charge is -2.12. The van der Waals surface area contributed by atoms with Crippen LogP contribution < -0.4 is 5.32 Å². The zero-order valence-corrected chi connectivity index (χ0v) is 17.7. The van der Waals surface area contributed by atoms with Gasteiger partial charge < -0.3 is 9.73 Å². The fourth-order valence-electron chi connectivity index (χ4n) is 3.11. The summed E-state index contributed by atoms with van der Waals surface area (Å²) >= 11 is 12.2. The van der Waals surface area contributed by atoms with E-state index in [1.807, 2.05) is 39.0 Å². The predicted molar refractivity (Wildman–Crippen MR) is 117 cm³/mol. The number of aryl methyl sites for hydroxylation is 3. The topological polar surface area (TPSA) is 66.0 Å². The molecule has 1 amide bonds. The van der Waals surface area contributed by atoms with E-state index in [9.17, 15) is 10.1 Å². The van der Waals surface area contributed by atoms with E-state index in [-0.39, 0.29) is 5.57 Å². The van der Waals surface area contributed by atoms with E-state index in [0.29, 0.717) is 32.8 Å². The molecule has 6 heteroatoms. The molecule has 0 atom stereocenters. The molecule has 146 valence electrons. The van der Waals surface area contributed by atoms with Gasteiger partial charge in [0.1, 0.15) is 23.2 Å². The lowest BCUT2D eigenvalue weighted by molar-refractivity contribution is -0.112. The van der Waals surface area contributed by atoms with E-state index in [2.05, 4.69) is 5.32 Å². The summed E-state index contributed by atoms with van der Waals surface area (Å²) in [4.78, 5) is 12.6. The van der Waals surface area contributed by atoms with Crippen molar-refractivity contribution in [2.75, 3.05) is 5.32 Å². The molecule has 0 aliphatic heterocycles. The summed E-state index contributed by atoms with van der Waals surface area (Å²) in [6.07, 6.45) is 1.40. The third-order valence-corrected chi connectivity index (χ3v) is 4.95. The minimum atomic E-state index is -0.499. The average molecular weight is 425 g/mol. The second kappa shape index (κ2) is 8.57. The molecule has 3 aromatic rings. The van der Waals surface area contributed by atoms with Crippen LogP contribution in [0.15, 0.2) is 52.5 Å². The maximum Gasteiger partial charge on any atom is 0.266 e. The summed E-state index contributed by atoms with van der Waals surface area (Å²) in [5, 5.41) is 13.3. The SMILES string of the molecule is Cc1cc(C)c(NC(=O)/C(C#N)=C/c2ccc(-c3cc(Cl)ccc3Cl)o2)c(C)c1. The Morgan fingerprint density at radius 1 is 1.07 bits per heavy atom. The summed E-state index contributed by atoms with van der Waals surface area (Å²) in [6, 6.07) is 14.3. The summed E-state index contributed by atoms with van der Waals surface area (Å²) < 4.78 is 5.75. The standard InChI is InChI=1S/C23H18Cl2N2O2/c1-13-8-14(2)22(15(3)9-13)27-23(28)16(12-26)10-18-5-7-21(29-18)19-11-17(24)4-6-20(19)25/h4-11H,1-3H3,(H,27,28)/b16-10+. The lowest BCUT2D eigenvalue weighted by Crippen LogP contribution is -2.15. The average Bonchev–Trinajstić information content (AvgIpc) is 3.12. The first-order valence-electron chi connectivity index (χ1n) is 8.84. The molecule has 1 heterocycles. The number of hydrogen-bond donors (Lipinski definition) is 1. The van der Waals surface area contributed by atoms with Crippen LogP contribution in [0.4, 0.5) is 5.69 Å². The highest BCUT2D eigenvalue weighted by Gasteiger charge is 2.15. The molecule has 4 nitrogen and oxygen atoms in total. The van der Waals surface area contributed by atoms with Crippen molar-refractivity contribution >= 4 is 40.9 Å². The summed E-state index contributed by atoms with van der Waals surface area (Å²) in [7, 11) is 0. The van der Waals surface area contributed by atoms with E-state index < -0.39 is 5.91 Å². The normalized spacial score (nSPS) is 11.2. The molecule has 1 aromatic heterocycles. The van der Waals surface area contributed by atoms with Crippen molar-refractivity contribution in [2.24, 2.45) is 0 Å². The Bertz CT molecular complexity index is 1150. The lowest BCUT2D eigenvalue weighted by atomic mass is 10.0. The molecule has 0 unspecified atom stereocenters. The van der Waals surface area contributed by atoms with Crippen molar-refractivity contribution in [3.8, 4) is 17.4 Å². The van der Waals surface area contributed by atoms with Crippen LogP contribution in [0, 0.1) is 32.1 Å². The van der Waals surface area contributed by atoms with Crippen molar-refractivity contribution < 1.29 is 9.21 Å². The number of nitrogens with one attached hydrogen (secondary N) is 1. The van der Waals surface area contributed by atoms with Crippen LogP contribution in [0.1, 0.15) is 22.5 Å². The second-order valence-electron chi connectivity index (χ2n) is 6.72. The number of benzene rings is 2. The Kier molecular flexibility index (Phi) is 6.12. The molecule has 0 saturated heterocycles. The minimum absolute atomic E-state index is 0.0672. The summed E-state index contributed by atoms with van der Waals surface area (Å²) in [6.45, 7) is 5.82. The van der Waals surface area contributed by atoms with Crippen LogP contribution in [0.2, 0.25) is 10.0 Å². The van der Waals surface area contributed by atoms with Crippen molar-refractivity contribution in [1.29, 1.82) is 5.26 Å². The quantitative estimate of drug-likeness (QED) is 0.373. The van der Waals surface area contributed by atoms with Gasteiger partial charge in [-0.15, -0.1) is 0 Å². The highest BCUT2D eigenvalue weighted by atomic mass is 35.5. The third-order valence-electron chi connectivity index (χ3n) is 4.39. The molecule has 29 heavy (non-hydrogen) atoms. The van der Waals surface area contributed by atoms with Crippen LogP contribution in [-0.4, -0.2) is 5.91 Å². The molecular formula is C23H18Cl2N2O2. The van der Waals surface area contributed by atoms with Crippen molar-refractivity contribution in [1.82, 2.24) is 0 Å². The molecule has 3 rings (SSSR count). The Morgan fingerprint density at radius 3 is 2.41 bits per heavy atom. The van der Waals surface area contributed by atoms with Gasteiger partial charge in [0.05, 0.1) is 5.02 Å². The Hall–Kier alpha value is -3.00. The minimum Gasteiger partial charge on any atom is -0.457 e. The number of nitrogens with zero attached hydrogens (tertiary/aromatic N) is 1. The maximum absolute atomic E-state index is 12.6. The Labute approximate surface area is 179 Å². The summed E-state index contributed by atoms with van der Waals surface area (Å²) in [5.74, 6) is 0.355.